The molecule has 118 valence electrons. The summed E-state index contributed by atoms with van der Waals surface area (Å²) in [5, 5.41) is 0. The third-order valence-electron chi connectivity index (χ3n) is 4.94. The molecule has 0 saturated carbocycles. The van der Waals surface area contributed by atoms with Gasteiger partial charge < -0.3 is 14.4 Å². The van der Waals surface area contributed by atoms with Crippen molar-refractivity contribution in [3.8, 4) is 0 Å². The highest BCUT2D eigenvalue weighted by Gasteiger charge is 2.27. The number of methoxy groups -OCH3 is 1. The molecule has 0 aromatic carbocycles. The van der Waals surface area contributed by atoms with Crippen LogP contribution in [0.4, 0.5) is 0 Å². The molecule has 0 amide bonds. The summed E-state index contributed by atoms with van der Waals surface area (Å²) in [6.45, 7) is 12.3. The van der Waals surface area contributed by atoms with Crippen molar-refractivity contribution in [2.24, 2.45) is 0 Å². The molecule has 4 heteroatoms. The lowest BCUT2D eigenvalue weighted by atomic mass is 10.0. The molecule has 2 atom stereocenters. The zero-order valence-corrected chi connectivity index (χ0v) is 13.7. The van der Waals surface area contributed by atoms with Gasteiger partial charge in [-0.15, -0.1) is 0 Å². The maximum absolute atomic E-state index is 5.97. The van der Waals surface area contributed by atoms with Crippen LogP contribution in [0.5, 0.6) is 0 Å². The standard InChI is InChI=1S/C16H32N2O2/c1-13(2)18-9-10-20-16(12-18)11-14(3)17-7-5-15(19-4)6-8-17/h13-16H,5-12H2,1-4H3. The van der Waals surface area contributed by atoms with Crippen LogP contribution in [0.2, 0.25) is 0 Å². The Morgan fingerprint density at radius 1 is 1.10 bits per heavy atom. The molecule has 2 unspecified atom stereocenters. The summed E-state index contributed by atoms with van der Waals surface area (Å²) in [6, 6.07) is 1.25. The molecule has 0 radical (unpaired) electrons. The van der Waals surface area contributed by atoms with Gasteiger partial charge >= 0.3 is 0 Å². The van der Waals surface area contributed by atoms with Gasteiger partial charge in [-0.3, -0.25) is 4.90 Å². The molecule has 2 rings (SSSR count). The van der Waals surface area contributed by atoms with Crippen molar-refractivity contribution < 1.29 is 9.47 Å². The molecular formula is C16H32N2O2. The topological polar surface area (TPSA) is 24.9 Å². The Balaban J connectivity index is 1.75. The van der Waals surface area contributed by atoms with Gasteiger partial charge in [0.05, 0.1) is 18.8 Å². The van der Waals surface area contributed by atoms with E-state index in [0.29, 0.717) is 24.3 Å². The van der Waals surface area contributed by atoms with Crippen LogP contribution in [0.1, 0.15) is 40.0 Å². The molecule has 0 aromatic rings. The predicted octanol–water partition coefficient (Wildman–Crippen LogP) is 1.98. The summed E-state index contributed by atoms with van der Waals surface area (Å²) >= 11 is 0. The van der Waals surface area contributed by atoms with Crippen molar-refractivity contribution in [3.63, 3.8) is 0 Å². The highest BCUT2D eigenvalue weighted by molar-refractivity contribution is 4.81. The second kappa shape index (κ2) is 7.74. The zero-order valence-electron chi connectivity index (χ0n) is 13.7. The molecule has 2 aliphatic rings. The highest BCUT2D eigenvalue weighted by atomic mass is 16.5. The third-order valence-corrected chi connectivity index (χ3v) is 4.94. The lowest BCUT2D eigenvalue weighted by Gasteiger charge is -2.40. The van der Waals surface area contributed by atoms with Crippen LogP contribution < -0.4 is 0 Å². The Kier molecular flexibility index (Phi) is 6.27. The van der Waals surface area contributed by atoms with E-state index >= 15 is 0 Å². The van der Waals surface area contributed by atoms with Crippen LogP contribution in [0.15, 0.2) is 0 Å². The summed E-state index contributed by atoms with van der Waals surface area (Å²) in [5.41, 5.74) is 0. The van der Waals surface area contributed by atoms with Crippen LogP contribution in [-0.4, -0.2) is 74.0 Å². The third kappa shape index (κ3) is 4.42. The van der Waals surface area contributed by atoms with Gasteiger partial charge in [0.25, 0.3) is 0 Å². The fraction of sp³-hybridized carbons (Fsp3) is 1.00. The van der Waals surface area contributed by atoms with E-state index in [9.17, 15) is 0 Å². The predicted molar refractivity (Wildman–Crippen MR) is 82.1 cm³/mol. The molecule has 0 bridgehead atoms. The average molecular weight is 284 g/mol. The summed E-state index contributed by atoms with van der Waals surface area (Å²) in [5.74, 6) is 0. The second-order valence-electron chi connectivity index (χ2n) is 6.64. The van der Waals surface area contributed by atoms with E-state index in [-0.39, 0.29) is 0 Å². The van der Waals surface area contributed by atoms with Gasteiger partial charge in [0.15, 0.2) is 0 Å². The quantitative estimate of drug-likeness (QED) is 0.771. The smallest absolute Gasteiger partial charge is 0.0717 e. The summed E-state index contributed by atoms with van der Waals surface area (Å²) in [4.78, 5) is 5.14. The minimum Gasteiger partial charge on any atom is -0.381 e. The van der Waals surface area contributed by atoms with Crippen molar-refractivity contribution in [2.45, 2.75) is 64.3 Å². The highest BCUT2D eigenvalue weighted by Crippen LogP contribution is 2.20. The minimum absolute atomic E-state index is 0.404. The van der Waals surface area contributed by atoms with E-state index in [1.165, 1.54) is 25.9 Å². The van der Waals surface area contributed by atoms with E-state index < -0.39 is 0 Å². The number of hydrogen-bond acceptors (Lipinski definition) is 4. The normalized spacial score (nSPS) is 28.9. The summed E-state index contributed by atoms with van der Waals surface area (Å²) in [6.07, 6.45) is 4.37. The number of piperidine rings is 1. The van der Waals surface area contributed by atoms with Crippen LogP contribution in [-0.2, 0) is 9.47 Å². The number of nitrogens with zero attached hydrogens (tertiary/aromatic N) is 2. The molecule has 0 aliphatic carbocycles. The lowest BCUT2D eigenvalue weighted by Crippen LogP contribution is -2.49. The fourth-order valence-electron chi connectivity index (χ4n) is 3.44. The molecular weight excluding hydrogens is 252 g/mol. The largest absolute Gasteiger partial charge is 0.381 e. The second-order valence-corrected chi connectivity index (χ2v) is 6.64. The van der Waals surface area contributed by atoms with Crippen molar-refractivity contribution >= 4 is 0 Å². The zero-order chi connectivity index (χ0) is 14.5. The summed E-state index contributed by atoms with van der Waals surface area (Å²) < 4.78 is 11.4. The molecule has 2 fully saturated rings. The fourth-order valence-corrected chi connectivity index (χ4v) is 3.44. The molecule has 0 N–H and O–H groups in total. The van der Waals surface area contributed by atoms with Crippen molar-refractivity contribution in [1.82, 2.24) is 9.80 Å². The Hall–Kier alpha value is -0.160. The molecule has 4 nitrogen and oxygen atoms in total. The van der Waals surface area contributed by atoms with Gasteiger partial charge in [0.1, 0.15) is 0 Å². The number of likely N-dealkylation sites (tertiary alicyclic amines) is 1. The van der Waals surface area contributed by atoms with Crippen molar-refractivity contribution in [2.75, 3.05) is 39.9 Å². The van der Waals surface area contributed by atoms with Crippen molar-refractivity contribution in [3.05, 3.63) is 0 Å². The van der Waals surface area contributed by atoms with Crippen LogP contribution in [0.25, 0.3) is 0 Å². The SMILES string of the molecule is COC1CCN(C(C)CC2CN(C(C)C)CCO2)CC1. The van der Waals surface area contributed by atoms with E-state index in [2.05, 4.69) is 30.6 Å². The van der Waals surface area contributed by atoms with E-state index in [1.54, 1.807) is 0 Å². The van der Waals surface area contributed by atoms with E-state index in [4.69, 9.17) is 9.47 Å². The van der Waals surface area contributed by atoms with Gasteiger partial charge in [-0.2, -0.15) is 0 Å². The minimum atomic E-state index is 0.404. The Bertz CT molecular complexity index is 278. The van der Waals surface area contributed by atoms with E-state index in [1.807, 2.05) is 7.11 Å². The summed E-state index contributed by atoms with van der Waals surface area (Å²) in [7, 11) is 1.83. The Morgan fingerprint density at radius 3 is 2.40 bits per heavy atom. The van der Waals surface area contributed by atoms with Gasteiger partial charge in [0.2, 0.25) is 0 Å². The van der Waals surface area contributed by atoms with Gasteiger partial charge in [0, 0.05) is 45.4 Å². The van der Waals surface area contributed by atoms with Crippen LogP contribution in [0.3, 0.4) is 0 Å². The first-order valence-electron chi connectivity index (χ1n) is 8.22. The first-order chi connectivity index (χ1) is 9.60. The maximum atomic E-state index is 5.97. The number of ether oxygens (including phenoxy) is 2. The van der Waals surface area contributed by atoms with Crippen molar-refractivity contribution in [1.29, 1.82) is 0 Å². The first kappa shape index (κ1) is 16.2. The molecule has 2 heterocycles. The van der Waals surface area contributed by atoms with Gasteiger partial charge in [-0.25, -0.2) is 0 Å². The molecule has 20 heavy (non-hydrogen) atoms. The van der Waals surface area contributed by atoms with Crippen LogP contribution >= 0.6 is 0 Å². The monoisotopic (exact) mass is 284 g/mol. The lowest BCUT2D eigenvalue weighted by molar-refractivity contribution is -0.0553. The molecule has 0 aromatic heterocycles. The Morgan fingerprint density at radius 2 is 1.80 bits per heavy atom. The maximum Gasteiger partial charge on any atom is 0.0717 e. The Labute approximate surface area is 124 Å². The van der Waals surface area contributed by atoms with E-state index in [0.717, 1.165) is 26.1 Å². The number of morpholine rings is 1. The van der Waals surface area contributed by atoms with Gasteiger partial charge in [-0.05, 0) is 40.0 Å². The molecule has 0 spiro atoms. The number of hydrogen-bond donors (Lipinski definition) is 0. The molecule has 2 saturated heterocycles. The average Bonchev–Trinajstić information content (AvgIpc) is 2.47. The first-order valence-corrected chi connectivity index (χ1v) is 8.22. The molecule has 2 aliphatic heterocycles. The number of rotatable bonds is 5. The van der Waals surface area contributed by atoms with Crippen LogP contribution in [0, 0.1) is 0 Å². The van der Waals surface area contributed by atoms with Gasteiger partial charge in [-0.1, -0.05) is 0 Å².